The summed E-state index contributed by atoms with van der Waals surface area (Å²) in [5.74, 6) is 0.255. The van der Waals surface area contributed by atoms with Crippen LogP contribution in [0.5, 0.6) is 0 Å². The van der Waals surface area contributed by atoms with Gasteiger partial charge in [0.05, 0.1) is 6.42 Å². The summed E-state index contributed by atoms with van der Waals surface area (Å²) in [4.78, 5) is 0. The van der Waals surface area contributed by atoms with Crippen molar-refractivity contribution in [3.8, 4) is 0 Å². The second-order valence-electron chi connectivity index (χ2n) is 4.45. The Balaban J connectivity index is 2.57. The molecule has 1 unspecified atom stereocenters. The van der Waals surface area contributed by atoms with Crippen LogP contribution in [0.4, 0.5) is 13.2 Å². The number of alkyl halides is 3. The van der Waals surface area contributed by atoms with Gasteiger partial charge in [-0.05, 0) is 11.5 Å². The Morgan fingerprint density at radius 2 is 1.71 bits per heavy atom. The first-order valence-corrected chi connectivity index (χ1v) is 5.75. The van der Waals surface area contributed by atoms with E-state index in [-0.39, 0.29) is 18.5 Å². The second-order valence-corrected chi connectivity index (χ2v) is 4.45. The van der Waals surface area contributed by atoms with E-state index < -0.39 is 12.6 Å². The summed E-state index contributed by atoms with van der Waals surface area (Å²) in [5, 5.41) is 2.97. The second kappa shape index (κ2) is 6.05. The van der Waals surface area contributed by atoms with E-state index in [4.69, 9.17) is 0 Å². The topological polar surface area (TPSA) is 12.0 Å². The first kappa shape index (κ1) is 14.0. The summed E-state index contributed by atoms with van der Waals surface area (Å²) in [6.45, 7) is 3.96. The van der Waals surface area contributed by atoms with Crippen molar-refractivity contribution in [3.63, 3.8) is 0 Å². The first-order valence-electron chi connectivity index (χ1n) is 5.75. The normalized spacial score (nSPS) is 14.0. The molecule has 0 spiro atoms. The van der Waals surface area contributed by atoms with Crippen LogP contribution in [0.15, 0.2) is 30.3 Å². The molecule has 1 N–H and O–H groups in total. The third-order valence-corrected chi connectivity index (χ3v) is 2.60. The van der Waals surface area contributed by atoms with Crippen molar-refractivity contribution < 1.29 is 13.2 Å². The lowest BCUT2D eigenvalue weighted by molar-refractivity contribution is -0.133. The molecule has 0 saturated carbocycles. The van der Waals surface area contributed by atoms with Crippen molar-refractivity contribution in [2.45, 2.75) is 32.5 Å². The Morgan fingerprint density at radius 1 is 1.12 bits per heavy atom. The molecule has 1 aromatic rings. The van der Waals surface area contributed by atoms with Gasteiger partial charge < -0.3 is 5.32 Å². The third-order valence-electron chi connectivity index (χ3n) is 2.60. The highest BCUT2D eigenvalue weighted by atomic mass is 19.4. The molecular formula is C13H18F3N. The van der Waals surface area contributed by atoms with E-state index in [0.717, 1.165) is 5.56 Å². The Labute approximate surface area is 100 Å². The van der Waals surface area contributed by atoms with Crippen LogP contribution >= 0.6 is 0 Å². The molecule has 0 saturated heterocycles. The quantitative estimate of drug-likeness (QED) is 0.828. The van der Waals surface area contributed by atoms with Gasteiger partial charge in [-0.3, -0.25) is 0 Å². The fourth-order valence-electron chi connectivity index (χ4n) is 1.77. The molecule has 1 aromatic carbocycles. The zero-order valence-corrected chi connectivity index (χ0v) is 10.1. The largest absolute Gasteiger partial charge is 0.390 e. The van der Waals surface area contributed by atoms with Crippen LogP contribution in [0.2, 0.25) is 0 Å². The molecule has 4 heteroatoms. The SMILES string of the molecule is CC(C)C(NCCC(F)(F)F)c1ccccc1. The monoisotopic (exact) mass is 245 g/mol. The molecular weight excluding hydrogens is 227 g/mol. The van der Waals surface area contributed by atoms with E-state index in [1.807, 2.05) is 44.2 Å². The van der Waals surface area contributed by atoms with Gasteiger partial charge in [-0.2, -0.15) is 13.2 Å². The van der Waals surface area contributed by atoms with E-state index in [1.165, 1.54) is 0 Å². The highest BCUT2D eigenvalue weighted by molar-refractivity contribution is 5.19. The smallest absolute Gasteiger partial charge is 0.309 e. The van der Waals surface area contributed by atoms with E-state index in [1.54, 1.807) is 0 Å². The molecule has 1 atom stereocenters. The van der Waals surface area contributed by atoms with Gasteiger partial charge in [0, 0.05) is 12.6 Å². The Bertz CT molecular complexity index is 319. The predicted molar refractivity (Wildman–Crippen MR) is 62.7 cm³/mol. The summed E-state index contributed by atoms with van der Waals surface area (Å²) in [5.41, 5.74) is 1.03. The van der Waals surface area contributed by atoms with Crippen LogP contribution in [-0.2, 0) is 0 Å². The molecule has 0 aliphatic carbocycles. The molecule has 1 nitrogen and oxygen atoms in total. The van der Waals surface area contributed by atoms with Crippen LogP contribution in [0.25, 0.3) is 0 Å². The lowest BCUT2D eigenvalue weighted by Gasteiger charge is -2.23. The molecule has 0 aromatic heterocycles. The molecule has 0 bridgehead atoms. The Kier molecular flexibility index (Phi) is 5.00. The van der Waals surface area contributed by atoms with Gasteiger partial charge >= 0.3 is 6.18 Å². The number of rotatable bonds is 5. The van der Waals surface area contributed by atoms with Gasteiger partial charge in [-0.25, -0.2) is 0 Å². The standard InChI is InChI=1S/C13H18F3N/c1-10(2)12(11-6-4-3-5-7-11)17-9-8-13(14,15)16/h3-7,10,12,17H,8-9H2,1-2H3. The molecule has 0 amide bonds. The van der Waals surface area contributed by atoms with Crippen LogP contribution in [-0.4, -0.2) is 12.7 Å². The zero-order valence-electron chi connectivity index (χ0n) is 10.1. The summed E-state index contributed by atoms with van der Waals surface area (Å²) in [6, 6.07) is 9.54. The Hall–Kier alpha value is -1.03. The number of halogens is 3. The number of hydrogen-bond donors (Lipinski definition) is 1. The molecule has 0 aliphatic rings. The lowest BCUT2D eigenvalue weighted by Crippen LogP contribution is -2.29. The summed E-state index contributed by atoms with van der Waals surface area (Å²) < 4.78 is 36.2. The number of nitrogens with one attached hydrogen (secondary N) is 1. The van der Waals surface area contributed by atoms with Gasteiger partial charge in [0.15, 0.2) is 0 Å². The van der Waals surface area contributed by atoms with Gasteiger partial charge in [-0.15, -0.1) is 0 Å². The summed E-state index contributed by atoms with van der Waals surface area (Å²) in [6.07, 6.45) is -4.88. The highest BCUT2D eigenvalue weighted by Gasteiger charge is 2.27. The summed E-state index contributed by atoms with van der Waals surface area (Å²) >= 11 is 0. The van der Waals surface area contributed by atoms with Crippen LogP contribution < -0.4 is 5.32 Å². The van der Waals surface area contributed by atoms with Crippen molar-refractivity contribution in [1.29, 1.82) is 0 Å². The fraction of sp³-hybridized carbons (Fsp3) is 0.538. The molecule has 0 fully saturated rings. The van der Waals surface area contributed by atoms with Gasteiger partial charge in [0.2, 0.25) is 0 Å². The van der Waals surface area contributed by atoms with Gasteiger partial charge in [-0.1, -0.05) is 44.2 Å². The fourth-order valence-corrected chi connectivity index (χ4v) is 1.77. The number of benzene rings is 1. The average Bonchev–Trinajstić information content (AvgIpc) is 2.23. The average molecular weight is 245 g/mol. The van der Waals surface area contributed by atoms with E-state index >= 15 is 0 Å². The van der Waals surface area contributed by atoms with Crippen molar-refractivity contribution in [2.24, 2.45) is 5.92 Å². The van der Waals surface area contributed by atoms with Crippen LogP contribution in [0, 0.1) is 5.92 Å². The molecule has 17 heavy (non-hydrogen) atoms. The third kappa shape index (κ3) is 5.22. The number of hydrogen-bond acceptors (Lipinski definition) is 1. The molecule has 0 radical (unpaired) electrons. The summed E-state index contributed by atoms with van der Waals surface area (Å²) in [7, 11) is 0. The van der Waals surface area contributed by atoms with Crippen molar-refractivity contribution in [3.05, 3.63) is 35.9 Å². The lowest BCUT2D eigenvalue weighted by atomic mass is 9.96. The van der Waals surface area contributed by atoms with Crippen molar-refractivity contribution in [1.82, 2.24) is 5.32 Å². The minimum absolute atomic E-state index is 0.0291. The minimum Gasteiger partial charge on any atom is -0.309 e. The predicted octanol–water partition coefficient (Wildman–Crippen LogP) is 3.93. The maximum atomic E-state index is 12.1. The van der Waals surface area contributed by atoms with Crippen LogP contribution in [0.1, 0.15) is 31.9 Å². The van der Waals surface area contributed by atoms with Crippen molar-refractivity contribution >= 4 is 0 Å². The van der Waals surface area contributed by atoms with Crippen LogP contribution in [0.3, 0.4) is 0 Å². The van der Waals surface area contributed by atoms with E-state index in [0.29, 0.717) is 0 Å². The van der Waals surface area contributed by atoms with E-state index in [9.17, 15) is 13.2 Å². The Morgan fingerprint density at radius 3 is 2.18 bits per heavy atom. The van der Waals surface area contributed by atoms with Gasteiger partial charge in [0.25, 0.3) is 0 Å². The maximum Gasteiger partial charge on any atom is 0.390 e. The zero-order chi connectivity index (χ0) is 12.9. The van der Waals surface area contributed by atoms with Crippen molar-refractivity contribution in [2.75, 3.05) is 6.54 Å². The minimum atomic E-state index is -4.09. The highest BCUT2D eigenvalue weighted by Crippen LogP contribution is 2.23. The molecule has 96 valence electrons. The van der Waals surface area contributed by atoms with E-state index in [2.05, 4.69) is 5.32 Å². The molecule has 1 rings (SSSR count). The molecule has 0 heterocycles. The molecule has 0 aliphatic heterocycles. The first-order chi connectivity index (χ1) is 7.90. The van der Waals surface area contributed by atoms with Gasteiger partial charge in [0.1, 0.15) is 0 Å². The maximum absolute atomic E-state index is 12.1.